The van der Waals surface area contributed by atoms with Crippen LogP contribution in [0.3, 0.4) is 0 Å². The van der Waals surface area contributed by atoms with Crippen LogP contribution >= 0.6 is 0 Å². The lowest BCUT2D eigenvalue weighted by Crippen LogP contribution is -2.03. The molecule has 58 valence electrons. The van der Waals surface area contributed by atoms with Crippen molar-refractivity contribution >= 4 is 11.7 Å². The summed E-state index contributed by atoms with van der Waals surface area (Å²) in [4.78, 5) is 14.8. The summed E-state index contributed by atoms with van der Waals surface area (Å²) < 4.78 is 0. The molecule has 0 unspecified atom stereocenters. The van der Waals surface area contributed by atoms with Gasteiger partial charge in [-0.1, -0.05) is 0 Å². The Morgan fingerprint density at radius 1 is 1.45 bits per heavy atom. The number of hydrogen-bond acceptors (Lipinski definition) is 2. The molecular formula is C8H9NO2. The van der Waals surface area contributed by atoms with Gasteiger partial charge in [0.15, 0.2) is 0 Å². The average Bonchev–Trinajstić information content (AvgIpc) is 2.41. The molecule has 0 radical (unpaired) electrons. The van der Waals surface area contributed by atoms with E-state index >= 15 is 0 Å². The maximum atomic E-state index is 10.6. The van der Waals surface area contributed by atoms with Gasteiger partial charge < -0.3 is 5.11 Å². The summed E-state index contributed by atoms with van der Waals surface area (Å²) in [5.74, 6) is -0.791. The van der Waals surface area contributed by atoms with E-state index in [1.807, 2.05) is 0 Å². The maximum absolute atomic E-state index is 10.6. The van der Waals surface area contributed by atoms with E-state index in [1.165, 1.54) is 0 Å². The van der Waals surface area contributed by atoms with Gasteiger partial charge in [0.1, 0.15) is 0 Å². The molecule has 3 heteroatoms. The Morgan fingerprint density at radius 2 is 2.27 bits per heavy atom. The van der Waals surface area contributed by atoms with Gasteiger partial charge in [-0.15, -0.1) is 0 Å². The number of aliphatic carboxylic acids is 1. The largest absolute Gasteiger partial charge is 0.478 e. The van der Waals surface area contributed by atoms with Crippen molar-refractivity contribution in [3.8, 4) is 0 Å². The van der Waals surface area contributed by atoms with Gasteiger partial charge in [0.2, 0.25) is 0 Å². The van der Waals surface area contributed by atoms with Gasteiger partial charge in [0.25, 0.3) is 0 Å². The zero-order valence-electron chi connectivity index (χ0n) is 6.13. The van der Waals surface area contributed by atoms with Crippen molar-refractivity contribution in [2.75, 3.05) is 6.54 Å². The zero-order chi connectivity index (χ0) is 7.84. The smallest absolute Gasteiger partial charge is 0.333 e. The van der Waals surface area contributed by atoms with E-state index in [4.69, 9.17) is 5.11 Å². The van der Waals surface area contributed by atoms with Gasteiger partial charge in [0.05, 0.1) is 12.1 Å². The van der Waals surface area contributed by atoms with Crippen molar-refractivity contribution in [3.05, 3.63) is 11.1 Å². The first-order chi connectivity index (χ1) is 5.29. The van der Waals surface area contributed by atoms with Gasteiger partial charge in [-0.3, -0.25) is 4.99 Å². The first-order valence-electron chi connectivity index (χ1n) is 3.78. The Kier molecular flexibility index (Phi) is 1.31. The Balaban J connectivity index is 2.37. The van der Waals surface area contributed by atoms with Crippen molar-refractivity contribution in [1.82, 2.24) is 0 Å². The molecule has 0 aromatic rings. The van der Waals surface area contributed by atoms with Gasteiger partial charge in [-0.2, -0.15) is 0 Å². The predicted octanol–water partition coefficient (Wildman–Crippen LogP) is 1.01. The van der Waals surface area contributed by atoms with Gasteiger partial charge in [-0.25, -0.2) is 4.79 Å². The summed E-state index contributed by atoms with van der Waals surface area (Å²) in [6.45, 7) is 0.403. The molecule has 0 spiro atoms. The number of carboxylic acids is 1. The highest BCUT2D eigenvalue weighted by Gasteiger charge is 2.27. The fourth-order valence-electron chi connectivity index (χ4n) is 1.69. The van der Waals surface area contributed by atoms with Gasteiger partial charge in [-0.05, 0) is 24.8 Å². The number of nitrogens with zero attached hydrogens (tertiary/aromatic N) is 1. The lowest BCUT2D eigenvalue weighted by atomic mass is 10.1. The van der Waals surface area contributed by atoms with Crippen molar-refractivity contribution < 1.29 is 9.90 Å². The van der Waals surface area contributed by atoms with Crippen molar-refractivity contribution in [3.63, 3.8) is 0 Å². The summed E-state index contributed by atoms with van der Waals surface area (Å²) in [5.41, 5.74) is 2.58. The van der Waals surface area contributed by atoms with Crippen LogP contribution < -0.4 is 0 Å². The molecule has 2 rings (SSSR count). The number of fused-ring (bicyclic) bond motifs is 1. The van der Waals surface area contributed by atoms with Crippen LogP contribution in [-0.2, 0) is 4.79 Å². The molecule has 1 fully saturated rings. The summed E-state index contributed by atoms with van der Waals surface area (Å²) in [7, 11) is 0. The van der Waals surface area contributed by atoms with Crippen molar-refractivity contribution in [1.29, 1.82) is 0 Å². The monoisotopic (exact) mass is 151 g/mol. The third kappa shape index (κ3) is 0.878. The predicted molar refractivity (Wildman–Crippen MR) is 40.8 cm³/mol. The highest BCUT2D eigenvalue weighted by Crippen LogP contribution is 2.29. The number of carbonyl (C=O) groups is 1. The average molecular weight is 151 g/mol. The van der Waals surface area contributed by atoms with E-state index in [-0.39, 0.29) is 0 Å². The molecule has 0 amide bonds. The third-order valence-electron chi connectivity index (χ3n) is 2.24. The maximum Gasteiger partial charge on any atom is 0.333 e. The summed E-state index contributed by atoms with van der Waals surface area (Å²) in [5, 5.41) is 8.73. The van der Waals surface area contributed by atoms with Crippen LogP contribution in [0.1, 0.15) is 19.3 Å². The minimum atomic E-state index is -0.791. The lowest BCUT2D eigenvalue weighted by molar-refractivity contribution is -0.132. The topological polar surface area (TPSA) is 49.7 Å². The van der Waals surface area contributed by atoms with Crippen LogP contribution in [0, 0.1) is 0 Å². The molecule has 11 heavy (non-hydrogen) atoms. The van der Waals surface area contributed by atoms with Crippen molar-refractivity contribution in [2.45, 2.75) is 19.3 Å². The fraction of sp³-hybridized carbons (Fsp3) is 0.500. The number of allylic oxidation sites excluding steroid dienone is 1. The second-order valence-electron chi connectivity index (χ2n) is 2.88. The number of rotatable bonds is 1. The second kappa shape index (κ2) is 2.19. The van der Waals surface area contributed by atoms with Crippen LogP contribution in [-0.4, -0.2) is 23.3 Å². The lowest BCUT2D eigenvalue weighted by Gasteiger charge is -1.94. The first-order valence-corrected chi connectivity index (χ1v) is 3.78. The number of aliphatic imine (C=N–C) groups is 1. The molecule has 1 heterocycles. The van der Waals surface area contributed by atoms with Crippen molar-refractivity contribution in [2.24, 2.45) is 4.99 Å². The number of carboxylic acid groups (broad SMARTS) is 1. The highest BCUT2D eigenvalue weighted by atomic mass is 16.4. The van der Waals surface area contributed by atoms with E-state index in [0.717, 1.165) is 30.5 Å². The van der Waals surface area contributed by atoms with Crippen LogP contribution in [0.2, 0.25) is 0 Å². The standard InChI is InChI=1S/C8H9NO2/c10-8(11)6-4-9-7-3-1-2-5(6)7/h1-4H2,(H,10,11). The molecule has 1 aliphatic carbocycles. The second-order valence-corrected chi connectivity index (χ2v) is 2.88. The molecule has 2 aliphatic rings. The molecular weight excluding hydrogens is 142 g/mol. The van der Waals surface area contributed by atoms with Crippen LogP contribution in [0.5, 0.6) is 0 Å². The van der Waals surface area contributed by atoms with E-state index in [0.29, 0.717) is 12.1 Å². The molecule has 1 N–H and O–H groups in total. The summed E-state index contributed by atoms with van der Waals surface area (Å²) in [6.07, 6.45) is 2.97. The number of hydrogen-bond donors (Lipinski definition) is 1. The molecule has 1 aliphatic heterocycles. The third-order valence-corrected chi connectivity index (χ3v) is 2.24. The summed E-state index contributed by atoms with van der Waals surface area (Å²) in [6, 6.07) is 0. The SMILES string of the molecule is O=C(O)C1=C2CCCC2=NC1. The minimum Gasteiger partial charge on any atom is -0.478 e. The molecule has 1 saturated carbocycles. The summed E-state index contributed by atoms with van der Waals surface area (Å²) >= 11 is 0. The zero-order valence-corrected chi connectivity index (χ0v) is 6.13. The molecule has 3 nitrogen and oxygen atoms in total. The Bertz CT molecular complexity index is 276. The Hall–Kier alpha value is -1.12. The van der Waals surface area contributed by atoms with Gasteiger partial charge >= 0.3 is 5.97 Å². The van der Waals surface area contributed by atoms with E-state index < -0.39 is 5.97 Å². The Morgan fingerprint density at radius 3 is 3.00 bits per heavy atom. The van der Waals surface area contributed by atoms with Crippen LogP contribution in [0.25, 0.3) is 0 Å². The van der Waals surface area contributed by atoms with E-state index in [2.05, 4.69) is 4.99 Å². The first kappa shape index (κ1) is 6.58. The van der Waals surface area contributed by atoms with E-state index in [9.17, 15) is 4.79 Å². The molecule has 0 bridgehead atoms. The normalized spacial score (nSPS) is 22.0. The van der Waals surface area contributed by atoms with Crippen LogP contribution in [0.4, 0.5) is 0 Å². The Labute approximate surface area is 64.4 Å². The van der Waals surface area contributed by atoms with Crippen LogP contribution in [0.15, 0.2) is 16.1 Å². The molecule has 0 aromatic carbocycles. The molecule has 0 aromatic heterocycles. The molecule has 0 atom stereocenters. The fourth-order valence-corrected chi connectivity index (χ4v) is 1.69. The van der Waals surface area contributed by atoms with Gasteiger partial charge in [0, 0.05) is 5.71 Å². The highest BCUT2D eigenvalue weighted by molar-refractivity contribution is 6.10. The molecule has 0 saturated heterocycles. The minimum absolute atomic E-state index is 0.403. The quantitative estimate of drug-likeness (QED) is 0.608. The van der Waals surface area contributed by atoms with E-state index in [1.54, 1.807) is 0 Å².